The minimum absolute atomic E-state index is 0.0494. The Labute approximate surface area is 98.0 Å². The number of nitrogens with one attached hydrogen (secondary N) is 1. The van der Waals surface area contributed by atoms with Crippen molar-refractivity contribution in [3.63, 3.8) is 0 Å². The molecule has 0 radical (unpaired) electrons. The van der Waals surface area contributed by atoms with Crippen molar-refractivity contribution in [2.24, 2.45) is 0 Å². The molecule has 5 nitrogen and oxygen atoms in total. The van der Waals surface area contributed by atoms with Crippen LogP contribution in [0, 0.1) is 6.92 Å². The Hall–Kier alpha value is -2.04. The molecular formula is C12H12N4O. The van der Waals surface area contributed by atoms with Crippen LogP contribution in [0.25, 0.3) is 11.6 Å². The number of H-pyrrole nitrogens is 1. The first-order valence-corrected chi connectivity index (χ1v) is 5.65. The number of fused-ring (bicyclic) bond motifs is 1. The summed E-state index contributed by atoms with van der Waals surface area (Å²) < 4.78 is 0. The average molecular weight is 228 g/mol. The third-order valence-corrected chi connectivity index (χ3v) is 2.93. The molecule has 2 heterocycles. The lowest BCUT2D eigenvalue weighted by Gasteiger charge is -2.02. The highest BCUT2D eigenvalue weighted by molar-refractivity contribution is 5.44. The molecule has 0 saturated carbocycles. The first kappa shape index (κ1) is 10.1. The second-order valence-corrected chi connectivity index (χ2v) is 4.28. The Morgan fingerprint density at radius 2 is 2.00 bits per heavy atom. The average Bonchev–Trinajstić information content (AvgIpc) is 2.78. The number of rotatable bonds is 1. The van der Waals surface area contributed by atoms with Crippen molar-refractivity contribution >= 4 is 0 Å². The van der Waals surface area contributed by atoms with Gasteiger partial charge in [0, 0.05) is 18.0 Å². The van der Waals surface area contributed by atoms with Crippen LogP contribution in [0.3, 0.4) is 0 Å². The van der Waals surface area contributed by atoms with E-state index in [0.29, 0.717) is 11.6 Å². The van der Waals surface area contributed by atoms with E-state index in [-0.39, 0.29) is 5.56 Å². The first-order valence-electron chi connectivity index (χ1n) is 5.65. The van der Waals surface area contributed by atoms with Gasteiger partial charge in [-0.15, -0.1) is 0 Å². The number of aryl methyl sites for hydroxylation is 2. The monoisotopic (exact) mass is 228 g/mol. The van der Waals surface area contributed by atoms with Gasteiger partial charge in [0.2, 0.25) is 0 Å². The third-order valence-electron chi connectivity index (χ3n) is 2.93. The summed E-state index contributed by atoms with van der Waals surface area (Å²) in [6.07, 6.45) is 6.14. The van der Waals surface area contributed by atoms with Gasteiger partial charge in [-0.3, -0.25) is 4.79 Å². The summed E-state index contributed by atoms with van der Waals surface area (Å²) >= 11 is 0. The Bertz CT molecular complexity index is 615. The lowest BCUT2D eigenvalue weighted by molar-refractivity contribution is 0.898. The van der Waals surface area contributed by atoms with Crippen LogP contribution in [0.4, 0.5) is 0 Å². The molecule has 1 aliphatic rings. The number of aromatic nitrogens is 4. The van der Waals surface area contributed by atoms with Crippen LogP contribution in [-0.2, 0) is 12.8 Å². The second-order valence-electron chi connectivity index (χ2n) is 4.28. The van der Waals surface area contributed by atoms with Gasteiger partial charge in [0.1, 0.15) is 0 Å². The van der Waals surface area contributed by atoms with Gasteiger partial charge in [-0.05, 0) is 31.7 Å². The zero-order valence-electron chi connectivity index (χ0n) is 9.53. The van der Waals surface area contributed by atoms with Crippen molar-refractivity contribution in [2.45, 2.75) is 26.2 Å². The van der Waals surface area contributed by atoms with Gasteiger partial charge in [0.05, 0.1) is 5.69 Å². The molecule has 0 bridgehead atoms. The van der Waals surface area contributed by atoms with E-state index in [1.165, 1.54) is 0 Å². The highest BCUT2D eigenvalue weighted by Crippen LogP contribution is 2.18. The Morgan fingerprint density at radius 3 is 2.76 bits per heavy atom. The van der Waals surface area contributed by atoms with Gasteiger partial charge in [-0.1, -0.05) is 0 Å². The molecule has 0 unspecified atom stereocenters. The van der Waals surface area contributed by atoms with Crippen molar-refractivity contribution in [3.8, 4) is 11.6 Å². The van der Waals surface area contributed by atoms with Gasteiger partial charge in [0.15, 0.2) is 11.6 Å². The molecule has 0 aliphatic heterocycles. The standard InChI is InChI=1S/C12H12N4O/c1-7-5-13-10(14-6-7)11-15-9-4-2-3-8(9)12(17)16-11/h5-6H,2-4H2,1H3,(H,15,16,17). The molecule has 3 rings (SSSR count). The van der Waals surface area contributed by atoms with Crippen LogP contribution in [0.15, 0.2) is 17.2 Å². The molecule has 0 fully saturated rings. The van der Waals surface area contributed by atoms with Gasteiger partial charge in [-0.25, -0.2) is 15.0 Å². The smallest absolute Gasteiger partial charge is 0.254 e. The second kappa shape index (κ2) is 3.76. The van der Waals surface area contributed by atoms with E-state index in [2.05, 4.69) is 19.9 Å². The molecule has 2 aromatic heterocycles. The van der Waals surface area contributed by atoms with E-state index in [4.69, 9.17) is 0 Å². The zero-order valence-corrected chi connectivity index (χ0v) is 9.53. The number of nitrogens with zero attached hydrogens (tertiary/aromatic N) is 3. The molecule has 1 N–H and O–H groups in total. The summed E-state index contributed by atoms with van der Waals surface area (Å²) in [6.45, 7) is 1.92. The Kier molecular flexibility index (Phi) is 2.24. The van der Waals surface area contributed by atoms with E-state index < -0.39 is 0 Å². The molecule has 5 heteroatoms. The third kappa shape index (κ3) is 1.73. The van der Waals surface area contributed by atoms with Gasteiger partial charge < -0.3 is 4.98 Å². The predicted molar refractivity (Wildman–Crippen MR) is 62.6 cm³/mol. The van der Waals surface area contributed by atoms with Crippen molar-refractivity contribution in [1.29, 1.82) is 0 Å². The van der Waals surface area contributed by atoms with Crippen LogP contribution in [0.5, 0.6) is 0 Å². The van der Waals surface area contributed by atoms with E-state index in [1.54, 1.807) is 12.4 Å². The molecule has 0 aromatic carbocycles. The summed E-state index contributed by atoms with van der Waals surface area (Å²) in [4.78, 5) is 27.3. The highest BCUT2D eigenvalue weighted by Gasteiger charge is 2.18. The van der Waals surface area contributed by atoms with Crippen molar-refractivity contribution < 1.29 is 0 Å². The van der Waals surface area contributed by atoms with Crippen LogP contribution in [-0.4, -0.2) is 19.9 Å². The Morgan fingerprint density at radius 1 is 1.24 bits per heavy atom. The fourth-order valence-corrected chi connectivity index (χ4v) is 2.06. The fraction of sp³-hybridized carbons (Fsp3) is 0.333. The normalized spacial score (nSPS) is 13.7. The first-order chi connectivity index (χ1) is 8.24. The SMILES string of the molecule is Cc1cnc(-c2nc3c(c(=O)[nH]2)CCC3)nc1. The maximum absolute atomic E-state index is 11.8. The lowest BCUT2D eigenvalue weighted by atomic mass is 10.2. The molecule has 0 saturated heterocycles. The molecule has 0 amide bonds. The van der Waals surface area contributed by atoms with Crippen LogP contribution in [0.2, 0.25) is 0 Å². The summed E-state index contributed by atoms with van der Waals surface area (Å²) in [6, 6.07) is 0. The molecule has 17 heavy (non-hydrogen) atoms. The van der Waals surface area contributed by atoms with E-state index >= 15 is 0 Å². The lowest BCUT2D eigenvalue weighted by Crippen LogP contribution is -2.15. The fourth-order valence-electron chi connectivity index (χ4n) is 2.06. The number of aromatic amines is 1. The van der Waals surface area contributed by atoms with E-state index in [1.807, 2.05) is 6.92 Å². The number of hydrogen-bond acceptors (Lipinski definition) is 4. The molecule has 0 atom stereocenters. The van der Waals surface area contributed by atoms with Crippen molar-refractivity contribution in [3.05, 3.63) is 39.6 Å². The minimum Gasteiger partial charge on any atom is -0.304 e. The summed E-state index contributed by atoms with van der Waals surface area (Å²) in [5.41, 5.74) is 2.65. The van der Waals surface area contributed by atoms with Gasteiger partial charge in [-0.2, -0.15) is 0 Å². The topological polar surface area (TPSA) is 71.5 Å². The molecule has 1 aliphatic carbocycles. The quantitative estimate of drug-likeness (QED) is 0.791. The van der Waals surface area contributed by atoms with E-state index in [0.717, 1.165) is 36.1 Å². The van der Waals surface area contributed by atoms with Crippen LogP contribution < -0.4 is 5.56 Å². The highest BCUT2D eigenvalue weighted by atomic mass is 16.1. The number of hydrogen-bond donors (Lipinski definition) is 1. The zero-order chi connectivity index (χ0) is 11.8. The van der Waals surface area contributed by atoms with Gasteiger partial charge in [0.25, 0.3) is 5.56 Å². The molecular weight excluding hydrogens is 216 g/mol. The summed E-state index contributed by atoms with van der Waals surface area (Å²) in [5.74, 6) is 0.943. The van der Waals surface area contributed by atoms with Crippen molar-refractivity contribution in [1.82, 2.24) is 19.9 Å². The predicted octanol–water partition coefficient (Wildman–Crippen LogP) is 1.02. The molecule has 2 aromatic rings. The van der Waals surface area contributed by atoms with E-state index in [9.17, 15) is 4.79 Å². The maximum Gasteiger partial charge on any atom is 0.254 e. The van der Waals surface area contributed by atoms with Crippen LogP contribution in [0.1, 0.15) is 23.2 Å². The maximum atomic E-state index is 11.8. The summed E-state index contributed by atoms with van der Waals surface area (Å²) in [7, 11) is 0. The van der Waals surface area contributed by atoms with Gasteiger partial charge >= 0.3 is 0 Å². The minimum atomic E-state index is -0.0494. The van der Waals surface area contributed by atoms with Crippen molar-refractivity contribution in [2.75, 3.05) is 0 Å². The molecule has 0 spiro atoms. The largest absolute Gasteiger partial charge is 0.304 e. The molecule has 86 valence electrons. The van der Waals surface area contributed by atoms with Crippen LogP contribution >= 0.6 is 0 Å². The Balaban J connectivity index is 2.13. The summed E-state index contributed by atoms with van der Waals surface area (Å²) in [5, 5.41) is 0.